The number of hydrogen-bond acceptors (Lipinski definition) is 2. The zero-order valence-corrected chi connectivity index (χ0v) is 12.8. The van der Waals surface area contributed by atoms with E-state index in [0.29, 0.717) is 5.92 Å². The molecule has 0 bridgehead atoms. The third-order valence-electron chi connectivity index (χ3n) is 4.04. The monoisotopic (exact) mass is 277 g/mol. The highest BCUT2D eigenvalue weighted by atomic mass is 19.1. The van der Waals surface area contributed by atoms with E-state index in [1.54, 1.807) is 12.1 Å². The molecule has 1 aromatic carbocycles. The van der Waals surface area contributed by atoms with Crippen LogP contribution in [0, 0.1) is 18.7 Å². The highest BCUT2D eigenvalue weighted by Crippen LogP contribution is 2.34. The fraction of sp³-hybridized carbons (Fsp3) is 0.529. The van der Waals surface area contributed by atoms with Gasteiger partial charge in [-0.25, -0.2) is 4.39 Å². The van der Waals surface area contributed by atoms with Crippen LogP contribution in [0.3, 0.4) is 0 Å². The molecule has 1 aromatic heterocycles. The second-order valence-electron chi connectivity index (χ2n) is 5.55. The highest BCUT2D eigenvalue weighted by Gasteiger charge is 2.24. The maximum atomic E-state index is 13.4. The molecule has 0 saturated carbocycles. The minimum Gasteiger partial charge on any atom is -0.459 e. The van der Waals surface area contributed by atoms with Crippen LogP contribution in [0.15, 0.2) is 22.6 Å². The predicted octanol–water partition coefficient (Wildman–Crippen LogP) is 4.97. The molecule has 0 spiro atoms. The van der Waals surface area contributed by atoms with Gasteiger partial charge in [-0.2, -0.15) is 0 Å². The van der Waals surface area contributed by atoms with Gasteiger partial charge in [0.2, 0.25) is 0 Å². The molecular weight excluding hydrogens is 253 g/mol. The number of fused-ring (bicyclic) bond motifs is 1. The lowest BCUT2D eigenvalue weighted by Gasteiger charge is -2.23. The van der Waals surface area contributed by atoms with E-state index in [1.807, 2.05) is 6.92 Å². The number of rotatable bonds is 6. The molecule has 0 fully saturated rings. The van der Waals surface area contributed by atoms with Gasteiger partial charge < -0.3 is 9.73 Å². The van der Waals surface area contributed by atoms with Crippen molar-refractivity contribution in [2.75, 3.05) is 6.54 Å². The van der Waals surface area contributed by atoms with Gasteiger partial charge in [-0.15, -0.1) is 0 Å². The van der Waals surface area contributed by atoms with Crippen LogP contribution in [0.2, 0.25) is 0 Å². The molecule has 0 aliphatic heterocycles. The van der Waals surface area contributed by atoms with Crippen LogP contribution >= 0.6 is 0 Å². The minimum absolute atomic E-state index is 0.190. The Labute approximate surface area is 120 Å². The van der Waals surface area contributed by atoms with Crippen LogP contribution in [-0.4, -0.2) is 6.54 Å². The smallest absolute Gasteiger partial charge is 0.134 e. The van der Waals surface area contributed by atoms with Crippen molar-refractivity contribution in [1.82, 2.24) is 5.32 Å². The van der Waals surface area contributed by atoms with Gasteiger partial charge in [0.15, 0.2) is 0 Å². The van der Waals surface area contributed by atoms with Gasteiger partial charge in [-0.1, -0.05) is 27.2 Å². The Morgan fingerprint density at radius 3 is 2.70 bits per heavy atom. The molecule has 0 amide bonds. The zero-order valence-electron chi connectivity index (χ0n) is 12.8. The quantitative estimate of drug-likeness (QED) is 0.806. The van der Waals surface area contributed by atoms with Crippen molar-refractivity contribution in [2.24, 2.45) is 5.92 Å². The molecule has 3 heteroatoms. The molecule has 2 rings (SSSR count). The molecule has 2 unspecified atom stereocenters. The van der Waals surface area contributed by atoms with Crippen LogP contribution in [0.1, 0.15) is 51.0 Å². The number of hydrogen-bond donors (Lipinski definition) is 1. The van der Waals surface area contributed by atoms with E-state index in [4.69, 9.17) is 4.42 Å². The van der Waals surface area contributed by atoms with Crippen molar-refractivity contribution in [3.05, 3.63) is 35.3 Å². The largest absolute Gasteiger partial charge is 0.459 e. The van der Waals surface area contributed by atoms with Crippen LogP contribution in [0.5, 0.6) is 0 Å². The summed E-state index contributed by atoms with van der Waals surface area (Å²) in [6.07, 6.45) is 2.16. The third-order valence-corrected chi connectivity index (χ3v) is 4.04. The van der Waals surface area contributed by atoms with Gasteiger partial charge in [0.25, 0.3) is 0 Å². The molecule has 1 heterocycles. The molecule has 2 aromatic rings. The second kappa shape index (κ2) is 6.40. The lowest BCUT2D eigenvalue weighted by molar-refractivity contribution is 0.325. The lowest BCUT2D eigenvalue weighted by atomic mass is 9.94. The third kappa shape index (κ3) is 2.88. The average molecular weight is 277 g/mol. The molecule has 0 radical (unpaired) electrons. The van der Waals surface area contributed by atoms with Crippen molar-refractivity contribution < 1.29 is 8.81 Å². The topological polar surface area (TPSA) is 25.2 Å². The Bertz CT molecular complexity index is 576. The molecule has 0 saturated heterocycles. The Kier molecular flexibility index (Phi) is 4.81. The van der Waals surface area contributed by atoms with E-state index < -0.39 is 0 Å². The minimum atomic E-state index is -0.213. The van der Waals surface area contributed by atoms with Gasteiger partial charge >= 0.3 is 0 Å². The van der Waals surface area contributed by atoms with E-state index >= 15 is 0 Å². The Morgan fingerprint density at radius 1 is 1.30 bits per heavy atom. The van der Waals surface area contributed by atoms with Gasteiger partial charge in [0, 0.05) is 10.9 Å². The maximum Gasteiger partial charge on any atom is 0.134 e. The number of aryl methyl sites for hydroxylation is 1. The average Bonchev–Trinajstić information content (AvgIpc) is 2.76. The second-order valence-corrected chi connectivity index (χ2v) is 5.55. The molecule has 1 N–H and O–H groups in total. The summed E-state index contributed by atoms with van der Waals surface area (Å²) in [6, 6.07) is 4.92. The van der Waals surface area contributed by atoms with Crippen molar-refractivity contribution in [3.8, 4) is 0 Å². The van der Waals surface area contributed by atoms with Crippen molar-refractivity contribution in [1.29, 1.82) is 0 Å². The molecular formula is C17H24FNO. The van der Waals surface area contributed by atoms with Crippen molar-refractivity contribution in [2.45, 2.75) is 46.6 Å². The van der Waals surface area contributed by atoms with Gasteiger partial charge in [-0.05, 0) is 44.0 Å². The van der Waals surface area contributed by atoms with Crippen LogP contribution in [0.4, 0.5) is 4.39 Å². The summed E-state index contributed by atoms with van der Waals surface area (Å²) in [4.78, 5) is 0. The number of halogens is 1. The summed E-state index contributed by atoms with van der Waals surface area (Å²) < 4.78 is 19.4. The summed E-state index contributed by atoms with van der Waals surface area (Å²) >= 11 is 0. The van der Waals surface area contributed by atoms with Crippen molar-refractivity contribution in [3.63, 3.8) is 0 Å². The maximum absolute atomic E-state index is 13.4. The predicted molar refractivity (Wildman–Crippen MR) is 81.4 cm³/mol. The highest BCUT2D eigenvalue weighted by molar-refractivity contribution is 5.82. The van der Waals surface area contributed by atoms with Crippen LogP contribution in [-0.2, 0) is 0 Å². The Morgan fingerprint density at radius 2 is 2.05 bits per heavy atom. The van der Waals surface area contributed by atoms with Gasteiger partial charge in [-0.3, -0.25) is 0 Å². The molecule has 110 valence electrons. The summed E-state index contributed by atoms with van der Waals surface area (Å²) in [7, 11) is 0. The lowest BCUT2D eigenvalue weighted by Crippen LogP contribution is -2.27. The fourth-order valence-corrected chi connectivity index (χ4v) is 2.60. The number of benzene rings is 1. The molecule has 0 aliphatic carbocycles. The molecule has 20 heavy (non-hydrogen) atoms. The van der Waals surface area contributed by atoms with E-state index in [0.717, 1.165) is 41.7 Å². The molecule has 2 atom stereocenters. The summed E-state index contributed by atoms with van der Waals surface area (Å²) in [5.74, 6) is 1.22. The molecule has 2 nitrogen and oxygen atoms in total. The zero-order chi connectivity index (χ0) is 14.7. The number of furan rings is 1. The van der Waals surface area contributed by atoms with E-state index in [2.05, 4.69) is 26.1 Å². The fourth-order valence-electron chi connectivity index (χ4n) is 2.60. The summed E-state index contributed by atoms with van der Waals surface area (Å²) in [5.41, 5.74) is 1.82. The Balaban J connectivity index is 2.44. The summed E-state index contributed by atoms with van der Waals surface area (Å²) in [6.45, 7) is 9.54. The van der Waals surface area contributed by atoms with Crippen molar-refractivity contribution >= 4 is 11.0 Å². The SMILES string of the molecule is CCCNC(c1oc2ccc(F)cc2c1C)C(C)CC. The first-order valence-electron chi connectivity index (χ1n) is 7.50. The van der Waals surface area contributed by atoms with Gasteiger partial charge in [0.05, 0.1) is 6.04 Å². The Hall–Kier alpha value is -1.35. The van der Waals surface area contributed by atoms with Gasteiger partial charge in [0.1, 0.15) is 17.2 Å². The van der Waals surface area contributed by atoms with E-state index in [-0.39, 0.29) is 11.9 Å². The number of nitrogens with one attached hydrogen (secondary N) is 1. The first kappa shape index (κ1) is 15.0. The van der Waals surface area contributed by atoms with Crippen LogP contribution < -0.4 is 5.32 Å². The summed E-state index contributed by atoms with van der Waals surface area (Å²) in [5, 5.41) is 4.45. The van der Waals surface area contributed by atoms with E-state index in [1.165, 1.54) is 6.07 Å². The van der Waals surface area contributed by atoms with Crippen LogP contribution in [0.25, 0.3) is 11.0 Å². The van der Waals surface area contributed by atoms with E-state index in [9.17, 15) is 4.39 Å². The standard InChI is InChI=1S/C17H24FNO/c1-5-9-19-16(11(3)6-2)17-12(4)14-10-13(18)7-8-15(14)20-17/h7-8,10-11,16,19H,5-6,9H2,1-4H3. The first-order valence-corrected chi connectivity index (χ1v) is 7.50. The normalized spacial score (nSPS) is 14.7. The molecule has 0 aliphatic rings. The first-order chi connectivity index (χ1) is 9.58.